The van der Waals surface area contributed by atoms with Gasteiger partial charge in [-0.3, -0.25) is 0 Å². The number of nitrogens with zero attached hydrogens (tertiary/aromatic N) is 1. The van der Waals surface area contributed by atoms with Crippen LogP contribution < -0.4 is 0 Å². The fourth-order valence-corrected chi connectivity index (χ4v) is 1.60. The van der Waals surface area contributed by atoms with Crippen LogP contribution in [-0.4, -0.2) is 16.1 Å². The molecule has 82 valence electrons. The van der Waals surface area contributed by atoms with Crippen molar-refractivity contribution >= 4 is 5.97 Å². The zero-order chi connectivity index (χ0) is 11.3. The van der Waals surface area contributed by atoms with Crippen molar-refractivity contribution in [1.29, 1.82) is 0 Å². The fraction of sp³-hybridized carbons (Fsp3) is 0.500. The number of carbonyl (C=O) groups is 1. The molecule has 1 heterocycles. The summed E-state index contributed by atoms with van der Waals surface area (Å²) in [6.45, 7) is 4.19. The summed E-state index contributed by atoms with van der Waals surface area (Å²) < 4.78 is 0. The summed E-state index contributed by atoms with van der Waals surface area (Å²) in [5.74, 6) is -0.949. The van der Waals surface area contributed by atoms with E-state index in [1.165, 1.54) is 5.56 Å². The van der Waals surface area contributed by atoms with Gasteiger partial charge >= 0.3 is 5.97 Å². The Bertz CT molecular complexity index is 347. The van der Waals surface area contributed by atoms with Gasteiger partial charge in [-0.2, -0.15) is 0 Å². The molecule has 0 unspecified atom stereocenters. The van der Waals surface area contributed by atoms with Crippen LogP contribution in [0.25, 0.3) is 0 Å². The molecule has 0 saturated carbocycles. The van der Waals surface area contributed by atoms with Crippen LogP contribution in [0, 0.1) is 0 Å². The molecule has 15 heavy (non-hydrogen) atoms. The van der Waals surface area contributed by atoms with E-state index in [-0.39, 0.29) is 5.69 Å². The molecule has 0 radical (unpaired) electrons. The van der Waals surface area contributed by atoms with E-state index in [9.17, 15) is 4.79 Å². The van der Waals surface area contributed by atoms with Crippen molar-refractivity contribution in [3.05, 3.63) is 29.1 Å². The Morgan fingerprint density at radius 1 is 1.27 bits per heavy atom. The van der Waals surface area contributed by atoms with Gasteiger partial charge in [0, 0.05) is 5.69 Å². The summed E-state index contributed by atoms with van der Waals surface area (Å²) in [6, 6.07) is 3.48. The predicted octanol–water partition coefficient (Wildman–Crippen LogP) is 2.68. The van der Waals surface area contributed by atoms with Crippen LogP contribution in [0.3, 0.4) is 0 Å². The fourth-order valence-electron chi connectivity index (χ4n) is 1.60. The van der Waals surface area contributed by atoms with Gasteiger partial charge in [-0.15, -0.1) is 0 Å². The molecule has 0 aromatic carbocycles. The summed E-state index contributed by atoms with van der Waals surface area (Å²) >= 11 is 0. The number of hydrogen-bond acceptors (Lipinski definition) is 2. The van der Waals surface area contributed by atoms with Gasteiger partial charge in [0.25, 0.3) is 0 Å². The van der Waals surface area contributed by atoms with Gasteiger partial charge in [0.05, 0.1) is 0 Å². The molecule has 3 heteroatoms. The van der Waals surface area contributed by atoms with Crippen LogP contribution in [0.1, 0.15) is 48.4 Å². The molecule has 0 spiro atoms. The second-order valence-electron chi connectivity index (χ2n) is 3.61. The largest absolute Gasteiger partial charge is 0.477 e. The van der Waals surface area contributed by atoms with Crippen molar-refractivity contribution < 1.29 is 9.90 Å². The summed E-state index contributed by atoms with van der Waals surface area (Å²) in [7, 11) is 0. The van der Waals surface area contributed by atoms with E-state index in [0.717, 1.165) is 31.4 Å². The lowest BCUT2D eigenvalue weighted by Gasteiger charge is -2.07. The van der Waals surface area contributed by atoms with Gasteiger partial charge in [-0.1, -0.05) is 32.8 Å². The highest BCUT2D eigenvalue weighted by atomic mass is 16.4. The highest BCUT2D eigenvalue weighted by Gasteiger charge is 2.08. The third kappa shape index (κ3) is 3.05. The average molecular weight is 207 g/mol. The van der Waals surface area contributed by atoms with Gasteiger partial charge in [0.2, 0.25) is 0 Å². The molecule has 0 bridgehead atoms. The maximum absolute atomic E-state index is 10.8. The van der Waals surface area contributed by atoms with E-state index in [1.54, 1.807) is 6.07 Å². The third-order valence-corrected chi connectivity index (χ3v) is 2.29. The van der Waals surface area contributed by atoms with Gasteiger partial charge in [-0.05, 0) is 24.5 Å². The lowest BCUT2D eigenvalue weighted by Crippen LogP contribution is -2.06. The molecule has 0 aliphatic heterocycles. The quantitative estimate of drug-likeness (QED) is 0.807. The first-order chi connectivity index (χ1) is 7.19. The number of aryl methyl sites for hydroxylation is 2. The Hall–Kier alpha value is -1.38. The molecule has 0 saturated heterocycles. The smallest absolute Gasteiger partial charge is 0.354 e. The van der Waals surface area contributed by atoms with Crippen molar-refractivity contribution in [2.45, 2.75) is 39.5 Å². The molecular weight excluding hydrogens is 190 g/mol. The number of rotatable bonds is 5. The van der Waals surface area contributed by atoms with Crippen LogP contribution in [0.15, 0.2) is 12.1 Å². The maximum atomic E-state index is 10.8. The lowest BCUT2D eigenvalue weighted by molar-refractivity contribution is 0.0690. The molecule has 0 fully saturated rings. The molecule has 0 aliphatic carbocycles. The normalized spacial score (nSPS) is 10.3. The molecule has 3 nitrogen and oxygen atoms in total. The minimum Gasteiger partial charge on any atom is -0.477 e. The van der Waals surface area contributed by atoms with E-state index >= 15 is 0 Å². The first-order valence-corrected chi connectivity index (χ1v) is 5.41. The SMILES string of the molecule is CCCc1ccc(C(=O)O)nc1CCC. The first-order valence-electron chi connectivity index (χ1n) is 5.41. The third-order valence-electron chi connectivity index (χ3n) is 2.29. The van der Waals surface area contributed by atoms with Crippen LogP contribution in [0.4, 0.5) is 0 Å². The minimum atomic E-state index is -0.949. The number of hydrogen-bond donors (Lipinski definition) is 1. The van der Waals surface area contributed by atoms with Crippen molar-refractivity contribution in [3.8, 4) is 0 Å². The second-order valence-corrected chi connectivity index (χ2v) is 3.61. The summed E-state index contributed by atoms with van der Waals surface area (Å²) in [4.78, 5) is 14.9. The topological polar surface area (TPSA) is 50.2 Å². The van der Waals surface area contributed by atoms with Crippen molar-refractivity contribution in [3.63, 3.8) is 0 Å². The number of carboxylic acid groups (broad SMARTS) is 1. The van der Waals surface area contributed by atoms with Gasteiger partial charge in [-0.25, -0.2) is 9.78 Å². The molecule has 1 aromatic rings. The van der Waals surface area contributed by atoms with Crippen LogP contribution in [-0.2, 0) is 12.8 Å². The zero-order valence-corrected chi connectivity index (χ0v) is 9.29. The van der Waals surface area contributed by atoms with Gasteiger partial charge in [0.15, 0.2) is 0 Å². The van der Waals surface area contributed by atoms with Gasteiger partial charge < -0.3 is 5.11 Å². The molecule has 0 aliphatic rings. The van der Waals surface area contributed by atoms with E-state index in [4.69, 9.17) is 5.11 Å². The second kappa shape index (κ2) is 5.49. The lowest BCUT2D eigenvalue weighted by atomic mass is 10.0. The molecule has 0 amide bonds. The monoisotopic (exact) mass is 207 g/mol. The van der Waals surface area contributed by atoms with E-state index in [0.29, 0.717) is 0 Å². The highest BCUT2D eigenvalue weighted by molar-refractivity contribution is 5.85. The van der Waals surface area contributed by atoms with E-state index < -0.39 is 5.97 Å². The van der Waals surface area contributed by atoms with Crippen LogP contribution in [0.2, 0.25) is 0 Å². The minimum absolute atomic E-state index is 0.151. The predicted molar refractivity (Wildman–Crippen MR) is 59.2 cm³/mol. The molecule has 1 aromatic heterocycles. The molecular formula is C12H17NO2. The molecule has 0 atom stereocenters. The molecule has 1 rings (SSSR count). The van der Waals surface area contributed by atoms with E-state index in [2.05, 4.69) is 18.8 Å². The summed E-state index contributed by atoms with van der Waals surface area (Å²) in [5, 5.41) is 8.84. The van der Waals surface area contributed by atoms with Crippen molar-refractivity contribution in [2.24, 2.45) is 0 Å². The van der Waals surface area contributed by atoms with Crippen LogP contribution in [0.5, 0.6) is 0 Å². The first kappa shape index (κ1) is 11.7. The summed E-state index contributed by atoms with van der Waals surface area (Å²) in [6.07, 6.45) is 3.89. The Morgan fingerprint density at radius 3 is 2.47 bits per heavy atom. The Morgan fingerprint density at radius 2 is 1.93 bits per heavy atom. The number of aromatic carboxylic acids is 1. The Kier molecular flexibility index (Phi) is 4.28. The Balaban J connectivity index is 3.02. The average Bonchev–Trinajstić information content (AvgIpc) is 2.21. The number of carboxylic acids is 1. The maximum Gasteiger partial charge on any atom is 0.354 e. The summed E-state index contributed by atoms with van der Waals surface area (Å²) in [5.41, 5.74) is 2.28. The van der Waals surface area contributed by atoms with E-state index in [1.807, 2.05) is 6.07 Å². The Labute approximate surface area is 90.2 Å². The molecule has 1 N–H and O–H groups in total. The number of aromatic nitrogens is 1. The van der Waals surface area contributed by atoms with Crippen molar-refractivity contribution in [2.75, 3.05) is 0 Å². The van der Waals surface area contributed by atoms with Crippen molar-refractivity contribution in [1.82, 2.24) is 4.98 Å². The standard InChI is InChI=1S/C12H17NO2/c1-3-5-9-7-8-11(12(14)15)13-10(9)6-4-2/h7-8H,3-6H2,1-2H3,(H,14,15). The van der Waals surface area contributed by atoms with Gasteiger partial charge in [0.1, 0.15) is 5.69 Å². The number of pyridine rings is 1. The van der Waals surface area contributed by atoms with Crippen LogP contribution >= 0.6 is 0 Å². The zero-order valence-electron chi connectivity index (χ0n) is 9.29. The highest BCUT2D eigenvalue weighted by Crippen LogP contribution is 2.12.